The van der Waals surface area contributed by atoms with Crippen molar-refractivity contribution in [3.63, 3.8) is 0 Å². The third-order valence-corrected chi connectivity index (χ3v) is 2.62. The smallest absolute Gasteiger partial charge is 0.0683 e. The Bertz CT molecular complexity index is 242. The normalized spacial score (nSPS) is 31.2. The van der Waals surface area contributed by atoms with Gasteiger partial charge in [-0.1, -0.05) is 6.92 Å². The summed E-state index contributed by atoms with van der Waals surface area (Å²) in [5.41, 5.74) is 0. The van der Waals surface area contributed by atoms with Gasteiger partial charge in [-0.25, -0.2) is 0 Å². The molecule has 3 heteroatoms. The lowest BCUT2D eigenvalue weighted by atomic mass is 10.1. The molecule has 1 fully saturated rings. The maximum absolute atomic E-state index is 4.27. The van der Waals surface area contributed by atoms with E-state index in [2.05, 4.69) is 34.8 Å². The Labute approximate surface area is 73.0 Å². The molecule has 1 aromatic rings. The van der Waals surface area contributed by atoms with Crippen molar-refractivity contribution >= 4 is 0 Å². The molecule has 2 heterocycles. The van der Waals surface area contributed by atoms with Gasteiger partial charge in [0.2, 0.25) is 0 Å². The van der Waals surface area contributed by atoms with Crippen molar-refractivity contribution in [3.8, 4) is 0 Å². The second kappa shape index (κ2) is 2.90. The second-order valence-corrected chi connectivity index (χ2v) is 3.75. The van der Waals surface area contributed by atoms with Gasteiger partial charge in [-0.15, -0.1) is 0 Å². The Balaban J connectivity index is 2.15. The van der Waals surface area contributed by atoms with Gasteiger partial charge >= 0.3 is 0 Å². The highest BCUT2D eigenvalue weighted by Gasteiger charge is 2.28. The van der Waals surface area contributed by atoms with Crippen molar-refractivity contribution < 1.29 is 0 Å². The van der Waals surface area contributed by atoms with Crippen LogP contribution in [0.15, 0.2) is 18.5 Å². The number of likely N-dealkylation sites (tertiary alicyclic amines) is 1. The van der Waals surface area contributed by atoms with Gasteiger partial charge in [-0.3, -0.25) is 4.68 Å². The van der Waals surface area contributed by atoms with Crippen LogP contribution in [0.2, 0.25) is 0 Å². The first-order valence-corrected chi connectivity index (χ1v) is 4.45. The molecule has 1 saturated heterocycles. The van der Waals surface area contributed by atoms with E-state index in [1.165, 1.54) is 6.54 Å². The third kappa shape index (κ3) is 1.25. The van der Waals surface area contributed by atoms with Crippen LogP contribution in [0.4, 0.5) is 0 Å². The maximum Gasteiger partial charge on any atom is 0.0683 e. The monoisotopic (exact) mass is 165 g/mol. The lowest BCUT2D eigenvalue weighted by Gasteiger charge is -2.14. The molecule has 1 aliphatic rings. The van der Waals surface area contributed by atoms with Crippen molar-refractivity contribution in [3.05, 3.63) is 18.5 Å². The van der Waals surface area contributed by atoms with Crippen molar-refractivity contribution in [1.82, 2.24) is 14.7 Å². The van der Waals surface area contributed by atoms with Crippen LogP contribution in [0, 0.1) is 5.92 Å². The average molecular weight is 165 g/mol. The summed E-state index contributed by atoms with van der Waals surface area (Å²) >= 11 is 0. The zero-order chi connectivity index (χ0) is 8.55. The van der Waals surface area contributed by atoms with E-state index in [0.717, 1.165) is 12.5 Å². The highest BCUT2D eigenvalue weighted by molar-refractivity contribution is 4.88. The van der Waals surface area contributed by atoms with Gasteiger partial charge in [0.1, 0.15) is 0 Å². The summed E-state index contributed by atoms with van der Waals surface area (Å²) in [5.74, 6) is 0.717. The van der Waals surface area contributed by atoms with Crippen LogP contribution in [-0.2, 0) is 0 Å². The summed E-state index contributed by atoms with van der Waals surface area (Å²) in [6.07, 6.45) is 3.91. The highest BCUT2D eigenvalue weighted by atomic mass is 15.3. The molecule has 66 valence electrons. The molecule has 12 heavy (non-hydrogen) atoms. The highest BCUT2D eigenvalue weighted by Crippen LogP contribution is 2.25. The summed E-state index contributed by atoms with van der Waals surface area (Å²) in [6, 6.07) is 2.57. The number of hydrogen-bond acceptors (Lipinski definition) is 2. The van der Waals surface area contributed by atoms with Gasteiger partial charge in [-0.05, 0) is 19.0 Å². The molecule has 2 atom stereocenters. The standard InChI is InChI=1S/C9H15N3/c1-8-6-11(2)7-9(8)12-5-3-4-10-12/h3-5,8-9H,6-7H2,1-2H3. The third-order valence-electron chi connectivity index (χ3n) is 2.62. The molecule has 0 radical (unpaired) electrons. The van der Waals surface area contributed by atoms with E-state index in [1.807, 2.05) is 12.3 Å². The Morgan fingerprint density at radius 3 is 2.75 bits per heavy atom. The molecule has 2 rings (SSSR count). The molecule has 0 amide bonds. The maximum atomic E-state index is 4.27. The SMILES string of the molecule is CC1CN(C)CC1n1cccn1. The van der Waals surface area contributed by atoms with Gasteiger partial charge < -0.3 is 4.90 Å². The Kier molecular flexibility index (Phi) is 1.89. The minimum atomic E-state index is 0.574. The predicted octanol–water partition coefficient (Wildman–Crippen LogP) is 1.01. The molecule has 0 spiro atoms. The fourth-order valence-corrected chi connectivity index (χ4v) is 2.01. The van der Waals surface area contributed by atoms with E-state index in [4.69, 9.17) is 0 Å². The van der Waals surface area contributed by atoms with Gasteiger partial charge in [0.15, 0.2) is 0 Å². The first-order valence-electron chi connectivity index (χ1n) is 4.45. The average Bonchev–Trinajstić information content (AvgIpc) is 2.58. The predicted molar refractivity (Wildman–Crippen MR) is 47.9 cm³/mol. The summed E-state index contributed by atoms with van der Waals surface area (Å²) in [6.45, 7) is 4.60. The molecular formula is C9H15N3. The molecule has 2 unspecified atom stereocenters. The Morgan fingerprint density at radius 2 is 2.25 bits per heavy atom. The molecule has 1 aliphatic heterocycles. The van der Waals surface area contributed by atoms with Gasteiger partial charge in [0.25, 0.3) is 0 Å². The molecule has 0 aromatic carbocycles. The fourth-order valence-electron chi connectivity index (χ4n) is 2.01. The second-order valence-electron chi connectivity index (χ2n) is 3.75. The number of rotatable bonds is 1. The van der Waals surface area contributed by atoms with E-state index in [9.17, 15) is 0 Å². The van der Waals surface area contributed by atoms with Crippen molar-refractivity contribution in [2.45, 2.75) is 13.0 Å². The first kappa shape index (κ1) is 7.80. The van der Waals surface area contributed by atoms with E-state index in [1.54, 1.807) is 0 Å². The largest absolute Gasteiger partial charge is 0.304 e. The summed E-state index contributed by atoms with van der Waals surface area (Å²) in [4.78, 5) is 2.36. The van der Waals surface area contributed by atoms with Crippen LogP contribution in [0.5, 0.6) is 0 Å². The van der Waals surface area contributed by atoms with Crippen molar-refractivity contribution in [2.75, 3.05) is 20.1 Å². The van der Waals surface area contributed by atoms with Crippen LogP contribution in [0.1, 0.15) is 13.0 Å². The number of likely N-dealkylation sites (N-methyl/N-ethyl adjacent to an activating group) is 1. The minimum Gasteiger partial charge on any atom is -0.304 e. The van der Waals surface area contributed by atoms with Crippen LogP contribution in [-0.4, -0.2) is 34.8 Å². The van der Waals surface area contributed by atoms with Crippen LogP contribution < -0.4 is 0 Å². The lowest BCUT2D eigenvalue weighted by Crippen LogP contribution is -2.17. The van der Waals surface area contributed by atoms with Gasteiger partial charge in [0.05, 0.1) is 6.04 Å². The number of hydrogen-bond donors (Lipinski definition) is 0. The molecule has 0 saturated carbocycles. The Morgan fingerprint density at radius 1 is 1.42 bits per heavy atom. The molecule has 1 aromatic heterocycles. The molecule has 0 bridgehead atoms. The van der Waals surface area contributed by atoms with Crippen LogP contribution in [0.25, 0.3) is 0 Å². The topological polar surface area (TPSA) is 21.1 Å². The van der Waals surface area contributed by atoms with Gasteiger partial charge in [-0.2, -0.15) is 5.10 Å². The zero-order valence-electron chi connectivity index (χ0n) is 7.64. The fraction of sp³-hybridized carbons (Fsp3) is 0.667. The summed E-state index contributed by atoms with van der Waals surface area (Å²) in [5, 5.41) is 4.27. The van der Waals surface area contributed by atoms with E-state index in [0.29, 0.717) is 6.04 Å². The molecule has 0 aliphatic carbocycles. The van der Waals surface area contributed by atoms with E-state index >= 15 is 0 Å². The minimum absolute atomic E-state index is 0.574. The molecule has 0 N–H and O–H groups in total. The number of nitrogens with zero attached hydrogens (tertiary/aromatic N) is 3. The lowest BCUT2D eigenvalue weighted by molar-refractivity contribution is 0.379. The van der Waals surface area contributed by atoms with Gasteiger partial charge in [0, 0.05) is 25.5 Å². The van der Waals surface area contributed by atoms with Crippen LogP contribution in [0.3, 0.4) is 0 Å². The summed E-state index contributed by atoms with van der Waals surface area (Å²) < 4.78 is 2.08. The molecule has 3 nitrogen and oxygen atoms in total. The zero-order valence-corrected chi connectivity index (χ0v) is 7.64. The van der Waals surface area contributed by atoms with Crippen molar-refractivity contribution in [2.24, 2.45) is 5.92 Å². The van der Waals surface area contributed by atoms with Crippen LogP contribution >= 0.6 is 0 Å². The molecular weight excluding hydrogens is 150 g/mol. The number of aromatic nitrogens is 2. The summed E-state index contributed by atoms with van der Waals surface area (Å²) in [7, 11) is 2.17. The van der Waals surface area contributed by atoms with E-state index in [-0.39, 0.29) is 0 Å². The first-order chi connectivity index (χ1) is 5.77. The Hall–Kier alpha value is -0.830. The van der Waals surface area contributed by atoms with E-state index < -0.39 is 0 Å². The quantitative estimate of drug-likeness (QED) is 0.619. The van der Waals surface area contributed by atoms with Crippen molar-refractivity contribution in [1.29, 1.82) is 0 Å².